The minimum Gasteiger partial charge on any atom is -0.383 e. The third-order valence-electron chi connectivity index (χ3n) is 4.52. The van der Waals surface area contributed by atoms with Gasteiger partial charge in [-0.3, -0.25) is 4.90 Å². The van der Waals surface area contributed by atoms with Crippen LogP contribution in [0, 0.1) is 0 Å². The van der Waals surface area contributed by atoms with Crippen molar-refractivity contribution < 1.29 is 9.26 Å². The molecule has 1 aromatic rings. The van der Waals surface area contributed by atoms with Gasteiger partial charge in [0.1, 0.15) is 0 Å². The summed E-state index contributed by atoms with van der Waals surface area (Å²) in [6.45, 7) is 5.83. The third kappa shape index (κ3) is 3.83. The van der Waals surface area contributed by atoms with Crippen molar-refractivity contribution in [3.05, 3.63) is 17.5 Å². The van der Waals surface area contributed by atoms with Gasteiger partial charge in [-0.25, -0.2) is 0 Å². The van der Waals surface area contributed by atoms with Crippen molar-refractivity contribution in [2.24, 2.45) is 0 Å². The Morgan fingerprint density at radius 2 is 2.05 bits per heavy atom. The number of hydrogen-bond acceptors (Lipinski definition) is 4. The molecule has 114 valence electrons. The molecular weight excluding hydrogens is 252 g/mol. The standard InChI is InChI=1S/C16H28N2O2/c1-16(2,12-19-4)18(3)11-14-10-15(17-20-14)13-8-6-5-7-9-13/h10,13H,5-9,11-12H2,1-4H3. The van der Waals surface area contributed by atoms with Crippen LogP contribution in [0.2, 0.25) is 0 Å². The van der Waals surface area contributed by atoms with Crippen LogP contribution in [0.1, 0.15) is 63.3 Å². The normalized spacial score (nSPS) is 17.9. The molecule has 1 aliphatic carbocycles. The van der Waals surface area contributed by atoms with E-state index in [0.717, 1.165) is 18.0 Å². The molecule has 0 spiro atoms. The molecule has 0 bridgehead atoms. The molecule has 4 nitrogen and oxygen atoms in total. The Morgan fingerprint density at radius 3 is 2.70 bits per heavy atom. The summed E-state index contributed by atoms with van der Waals surface area (Å²) >= 11 is 0. The number of nitrogens with zero attached hydrogens (tertiary/aromatic N) is 2. The maximum atomic E-state index is 5.53. The van der Waals surface area contributed by atoms with Crippen molar-refractivity contribution in [1.29, 1.82) is 0 Å². The van der Waals surface area contributed by atoms with E-state index in [-0.39, 0.29) is 5.54 Å². The fraction of sp³-hybridized carbons (Fsp3) is 0.812. The van der Waals surface area contributed by atoms with Crippen LogP contribution >= 0.6 is 0 Å². The first kappa shape index (κ1) is 15.5. The van der Waals surface area contributed by atoms with Gasteiger partial charge in [0.05, 0.1) is 18.8 Å². The molecule has 1 fully saturated rings. The summed E-state index contributed by atoms with van der Waals surface area (Å²) in [7, 11) is 3.84. The van der Waals surface area contributed by atoms with Gasteiger partial charge in [-0.05, 0) is 33.7 Å². The molecule has 20 heavy (non-hydrogen) atoms. The zero-order valence-corrected chi connectivity index (χ0v) is 13.3. The highest BCUT2D eigenvalue weighted by Crippen LogP contribution is 2.32. The number of rotatable bonds is 6. The first-order chi connectivity index (χ1) is 9.53. The Kier molecular flexibility index (Phi) is 5.22. The molecule has 0 amide bonds. The van der Waals surface area contributed by atoms with Crippen molar-refractivity contribution in [3.8, 4) is 0 Å². The first-order valence-electron chi connectivity index (χ1n) is 7.68. The topological polar surface area (TPSA) is 38.5 Å². The van der Waals surface area contributed by atoms with Crippen molar-refractivity contribution in [1.82, 2.24) is 10.1 Å². The van der Waals surface area contributed by atoms with Crippen molar-refractivity contribution in [2.75, 3.05) is 20.8 Å². The highest BCUT2D eigenvalue weighted by molar-refractivity contribution is 5.11. The number of aromatic nitrogens is 1. The average molecular weight is 280 g/mol. The van der Waals surface area contributed by atoms with E-state index in [4.69, 9.17) is 9.26 Å². The fourth-order valence-corrected chi connectivity index (χ4v) is 2.91. The number of hydrogen-bond donors (Lipinski definition) is 0. The zero-order valence-electron chi connectivity index (χ0n) is 13.3. The van der Waals surface area contributed by atoms with E-state index >= 15 is 0 Å². The van der Waals surface area contributed by atoms with Crippen molar-refractivity contribution in [3.63, 3.8) is 0 Å². The smallest absolute Gasteiger partial charge is 0.150 e. The Labute approximate surface area is 122 Å². The van der Waals surface area contributed by atoms with Crippen LogP contribution in [0.5, 0.6) is 0 Å². The first-order valence-corrected chi connectivity index (χ1v) is 7.68. The lowest BCUT2D eigenvalue weighted by molar-refractivity contribution is 0.0411. The molecule has 2 rings (SSSR count). The predicted molar refractivity (Wildman–Crippen MR) is 79.8 cm³/mol. The molecule has 0 radical (unpaired) electrons. The summed E-state index contributed by atoms with van der Waals surface area (Å²) in [6.07, 6.45) is 6.55. The van der Waals surface area contributed by atoms with E-state index in [1.807, 2.05) is 0 Å². The van der Waals surface area contributed by atoms with Gasteiger partial charge in [0, 0.05) is 24.6 Å². The van der Waals surface area contributed by atoms with Crippen molar-refractivity contribution >= 4 is 0 Å². The summed E-state index contributed by atoms with van der Waals surface area (Å²) in [5.74, 6) is 1.57. The van der Waals surface area contributed by atoms with Crippen LogP contribution in [-0.2, 0) is 11.3 Å². The molecule has 1 saturated carbocycles. The number of ether oxygens (including phenoxy) is 1. The Hall–Kier alpha value is -0.870. The second-order valence-electron chi connectivity index (χ2n) is 6.65. The zero-order chi connectivity index (χ0) is 14.6. The third-order valence-corrected chi connectivity index (χ3v) is 4.52. The summed E-state index contributed by atoms with van der Waals surface area (Å²) < 4.78 is 10.8. The molecule has 1 aliphatic rings. The lowest BCUT2D eigenvalue weighted by Crippen LogP contribution is -2.44. The molecule has 4 heteroatoms. The van der Waals surface area contributed by atoms with Crippen LogP contribution in [0.15, 0.2) is 10.6 Å². The summed E-state index contributed by atoms with van der Waals surface area (Å²) in [5, 5.41) is 4.29. The monoisotopic (exact) mass is 280 g/mol. The van der Waals surface area contributed by atoms with Crippen LogP contribution in [0.3, 0.4) is 0 Å². The lowest BCUT2D eigenvalue weighted by Gasteiger charge is -2.34. The van der Waals surface area contributed by atoms with Gasteiger partial charge in [0.15, 0.2) is 5.76 Å². The van der Waals surface area contributed by atoms with Gasteiger partial charge >= 0.3 is 0 Å². The van der Waals surface area contributed by atoms with Crippen LogP contribution in [-0.4, -0.2) is 36.4 Å². The van der Waals surface area contributed by atoms with Gasteiger partial charge in [-0.1, -0.05) is 24.4 Å². The summed E-state index contributed by atoms with van der Waals surface area (Å²) in [5.41, 5.74) is 1.14. The molecule has 1 aromatic heterocycles. The largest absolute Gasteiger partial charge is 0.383 e. The van der Waals surface area contributed by atoms with E-state index in [0.29, 0.717) is 12.5 Å². The SMILES string of the molecule is COCC(C)(C)N(C)Cc1cc(C2CCCCC2)no1. The highest BCUT2D eigenvalue weighted by Gasteiger charge is 2.25. The quantitative estimate of drug-likeness (QED) is 0.798. The van der Waals surface area contributed by atoms with E-state index in [9.17, 15) is 0 Å². The summed E-state index contributed by atoms with van der Waals surface area (Å²) in [4.78, 5) is 2.25. The van der Waals surface area contributed by atoms with E-state index in [1.165, 1.54) is 32.1 Å². The Balaban J connectivity index is 1.95. The van der Waals surface area contributed by atoms with E-state index in [1.54, 1.807) is 7.11 Å². The minimum atomic E-state index is -0.00740. The fourth-order valence-electron chi connectivity index (χ4n) is 2.91. The lowest BCUT2D eigenvalue weighted by atomic mass is 9.87. The molecule has 0 unspecified atom stereocenters. The Bertz CT molecular complexity index is 408. The molecule has 1 heterocycles. The highest BCUT2D eigenvalue weighted by atomic mass is 16.5. The van der Waals surface area contributed by atoms with Crippen molar-refractivity contribution in [2.45, 2.75) is 64.0 Å². The molecule has 0 saturated heterocycles. The van der Waals surface area contributed by atoms with Crippen LogP contribution < -0.4 is 0 Å². The van der Waals surface area contributed by atoms with Gasteiger partial charge in [-0.2, -0.15) is 0 Å². The van der Waals surface area contributed by atoms with Gasteiger partial charge < -0.3 is 9.26 Å². The van der Waals surface area contributed by atoms with E-state index < -0.39 is 0 Å². The Morgan fingerprint density at radius 1 is 1.35 bits per heavy atom. The summed E-state index contributed by atoms with van der Waals surface area (Å²) in [6, 6.07) is 2.15. The molecule has 0 aromatic carbocycles. The maximum absolute atomic E-state index is 5.53. The minimum absolute atomic E-state index is 0.00740. The number of methoxy groups -OCH3 is 1. The van der Waals surface area contributed by atoms with Crippen LogP contribution in [0.4, 0.5) is 0 Å². The second kappa shape index (κ2) is 6.72. The van der Waals surface area contributed by atoms with Gasteiger partial charge in [-0.15, -0.1) is 0 Å². The maximum Gasteiger partial charge on any atom is 0.150 e. The average Bonchev–Trinajstić information content (AvgIpc) is 2.88. The molecule has 0 N–H and O–H groups in total. The number of likely N-dealkylation sites (N-methyl/N-ethyl adjacent to an activating group) is 1. The van der Waals surface area contributed by atoms with E-state index in [2.05, 4.69) is 37.0 Å². The molecule has 0 atom stereocenters. The second-order valence-corrected chi connectivity index (χ2v) is 6.65. The van der Waals surface area contributed by atoms with Gasteiger partial charge in [0.25, 0.3) is 0 Å². The predicted octanol–water partition coefficient (Wildman–Crippen LogP) is 3.58. The van der Waals surface area contributed by atoms with Crippen LogP contribution in [0.25, 0.3) is 0 Å². The molecule has 0 aliphatic heterocycles. The molecular formula is C16H28N2O2. The van der Waals surface area contributed by atoms with Gasteiger partial charge in [0.2, 0.25) is 0 Å².